The van der Waals surface area contributed by atoms with Gasteiger partial charge in [-0.25, -0.2) is 0 Å². The second kappa shape index (κ2) is 6.24. The number of hydrogen-bond acceptors (Lipinski definition) is 5. The minimum Gasteiger partial charge on any atom is -0.508 e. The summed E-state index contributed by atoms with van der Waals surface area (Å²) in [6.07, 6.45) is 2.25. The van der Waals surface area contributed by atoms with E-state index in [9.17, 15) is 19.5 Å². The van der Waals surface area contributed by atoms with Gasteiger partial charge in [-0.1, -0.05) is 12.1 Å². The molecule has 7 heteroatoms. The van der Waals surface area contributed by atoms with E-state index in [0.717, 1.165) is 5.56 Å². The molecule has 0 spiro atoms. The van der Waals surface area contributed by atoms with E-state index < -0.39 is 29.2 Å². The van der Waals surface area contributed by atoms with Crippen LogP contribution in [0.15, 0.2) is 24.3 Å². The number of hydrogen-bond donors (Lipinski definition) is 2. The number of carbonyl (C=O) groups is 3. The lowest BCUT2D eigenvalue weighted by Crippen LogP contribution is -2.69. The number of Topliss-reactive ketones (excluding diaryl/α,β-unsaturated/α-hetero) is 1. The molecule has 3 rings (SSSR count). The molecule has 1 unspecified atom stereocenters. The van der Waals surface area contributed by atoms with Gasteiger partial charge in [0.15, 0.2) is 5.78 Å². The standard InChI is InChI=1S/C17H19N2O5/c18-16(23)17-13(21)10-24-14(17)2-1-9-19(17)15(22)8-5-11-3-6-12(20)7-4-11/h3-4,6-8,14,20H,1-2,5,9-10H2,(H2,18,23)/t14-,17?/m0/s1. The van der Waals surface area contributed by atoms with Crippen molar-refractivity contribution in [1.82, 2.24) is 4.90 Å². The number of fused-ring (bicyclic) bond motifs is 1. The number of phenolic OH excluding ortho intramolecular Hbond substituents is 1. The maximum Gasteiger partial charge on any atom is 0.254 e. The van der Waals surface area contributed by atoms with Gasteiger partial charge in [0.1, 0.15) is 12.4 Å². The monoisotopic (exact) mass is 331 g/mol. The Labute approximate surface area is 139 Å². The molecular formula is C17H19N2O5. The van der Waals surface area contributed by atoms with Crippen molar-refractivity contribution in [1.29, 1.82) is 0 Å². The number of nitrogens with two attached hydrogens (primary N) is 1. The summed E-state index contributed by atoms with van der Waals surface area (Å²) in [5, 5.41) is 9.28. The van der Waals surface area contributed by atoms with Crippen LogP contribution in [-0.2, 0) is 25.5 Å². The number of amides is 2. The SMILES string of the molecule is NC(=O)C12C(=O)CO[C@H]1CCCN2C(=O)[CH]Cc1ccc(O)cc1. The molecule has 2 aliphatic rings. The highest BCUT2D eigenvalue weighted by atomic mass is 16.5. The van der Waals surface area contributed by atoms with E-state index in [4.69, 9.17) is 10.5 Å². The number of ether oxygens (including phenoxy) is 1. The van der Waals surface area contributed by atoms with Crippen LogP contribution in [0.4, 0.5) is 0 Å². The van der Waals surface area contributed by atoms with Gasteiger partial charge in [-0.15, -0.1) is 0 Å². The molecule has 2 heterocycles. The zero-order valence-electron chi connectivity index (χ0n) is 13.1. The van der Waals surface area contributed by atoms with E-state index in [1.807, 2.05) is 0 Å². The molecule has 2 aliphatic heterocycles. The number of ketones is 1. The van der Waals surface area contributed by atoms with Crippen LogP contribution < -0.4 is 5.73 Å². The predicted octanol–water partition coefficient (Wildman–Crippen LogP) is -0.0466. The Kier molecular flexibility index (Phi) is 4.28. The van der Waals surface area contributed by atoms with Crippen LogP contribution in [0, 0.1) is 6.42 Å². The molecule has 3 N–H and O–H groups in total. The van der Waals surface area contributed by atoms with Crippen molar-refractivity contribution >= 4 is 17.6 Å². The first-order valence-corrected chi connectivity index (χ1v) is 7.83. The average molecular weight is 331 g/mol. The van der Waals surface area contributed by atoms with Gasteiger partial charge >= 0.3 is 0 Å². The number of aromatic hydroxyl groups is 1. The lowest BCUT2D eigenvalue weighted by molar-refractivity contribution is -0.156. The smallest absolute Gasteiger partial charge is 0.254 e. The first-order chi connectivity index (χ1) is 11.5. The first kappa shape index (κ1) is 16.4. The molecule has 1 aromatic carbocycles. The summed E-state index contributed by atoms with van der Waals surface area (Å²) in [4.78, 5) is 38.3. The molecule has 2 saturated heterocycles. The Hall–Kier alpha value is -2.41. The fourth-order valence-electron chi connectivity index (χ4n) is 3.47. The van der Waals surface area contributed by atoms with E-state index in [1.165, 1.54) is 23.5 Å². The summed E-state index contributed by atoms with van der Waals surface area (Å²) in [7, 11) is 0. The highest BCUT2D eigenvalue weighted by molar-refractivity contribution is 6.15. The Morgan fingerprint density at radius 3 is 2.75 bits per heavy atom. The number of primary amides is 1. The summed E-state index contributed by atoms with van der Waals surface area (Å²) < 4.78 is 5.40. The summed E-state index contributed by atoms with van der Waals surface area (Å²) in [6.45, 7) is 0.0921. The van der Waals surface area contributed by atoms with Crippen LogP contribution in [0.25, 0.3) is 0 Å². The third-order valence-electron chi connectivity index (χ3n) is 4.67. The third kappa shape index (κ3) is 2.54. The Bertz CT molecular complexity index is 672. The van der Waals surface area contributed by atoms with Gasteiger partial charge in [0, 0.05) is 6.54 Å². The number of rotatable bonds is 4. The quantitative estimate of drug-likeness (QED) is 0.752. The summed E-state index contributed by atoms with van der Waals surface area (Å²) in [6, 6.07) is 6.46. The number of phenols is 1. The Morgan fingerprint density at radius 1 is 1.38 bits per heavy atom. The van der Waals surface area contributed by atoms with E-state index >= 15 is 0 Å². The van der Waals surface area contributed by atoms with Crippen molar-refractivity contribution in [2.75, 3.05) is 13.2 Å². The lowest BCUT2D eigenvalue weighted by Gasteiger charge is -2.43. The summed E-state index contributed by atoms with van der Waals surface area (Å²) in [5.74, 6) is -1.55. The van der Waals surface area contributed by atoms with Gasteiger partial charge in [-0.3, -0.25) is 14.4 Å². The minimum atomic E-state index is -1.68. The van der Waals surface area contributed by atoms with Crippen molar-refractivity contribution in [3.8, 4) is 5.75 Å². The number of likely N-dealkylation sites (tertiary alicyclic amines) is 1. The van der Waals surface area contributed by atoms with Crippen LogP contribution >= 0.6 is 0 Å². The maximum absolute atomic E-state index is 12.6. The van der Waals surface area contributed by atoms with Crippen LogP contribution in [0.3, 0.4) is 0 Å². The van der Waals surface area contributed by atoms with Crippen LogP contribution in [-0.4, -0.2) is 52.4 Å². The molecule has 1 aromatic rings. The molecule has 0 bridgehead atoms. The molecule has 0 aromatic heterocycles. The molecule has 2 atom stereocenters. The second-order valence-corrected chi connectivity index (χ2v) is 6.06. The van der Waals surface area contributed by atoms with Gasteiger partial charge in [-0.05, 0) is 37.0 Å². The predicted molar refractivity (Wildman–Crippen MR) is 83.7 cm³/mol. The summed E-state index contributed by atoms with van der Waals surface area (Å²) >= 11 is 0. The number of benzene rings is 1. The average Bonchev–Trinajstić information content (AvgIpc) is 2.92. The fraction of sp³-hybridized carbons (Fsp3) is 0.412. The third-order valence-corrected chi connectivity index (χ3v) is 4.67. The normalized spacial score (nSPS) is 26.2. The zero-order chi connectivity index (χ0) is 17.3. The molecule has 0 aliphatic carbocycles. The Balaban J connectivity index is 1.78. The largest absolute Gasteiger partial charge is 0.508 e. The van der Waals surface area contributed by atoms with E-state index in [-0.39, 0.29) is 12.4 Å². The van der Waals surface area contributed by atoms with Gasteiger partial charge in [0.05, 0.1) is 12.5 Å². The second-order valence-electron chi connectivity index (χ2n) is 6.06. The molecule has 2 fully saturated rings. The van der Waals surface area contributed by atoms with E-state index in [0.29, 0.717) is 25.8 Å². The van der Waals surface area contributed by atoms with Crippen LogP contribution in [0.1, 0.15) is 18.4 Å². The van der Waals surface area contributed by atoms with E-state index in [2.05, 4.69) is 0 Å². The van der Waals surface area contributed by atoms with Crippen molar-refractivity contribution in [3.63, 3.8) is 0 Å². The van der Waals surface area contributed by atoms with Crippen molar-refractivity contribution in [3.05, 3.63) is 36.2 Å². The molecule has 0 saturated carbocycles. The molecule has 127 valence electrons. The van der Waals surface area contributed by atoms with Gasteiger partial charge in [0.2, 0.25) is 11.4 Å². The van der Waals surface area contributed by atoms with Crippen molar-refractivity contribution in [2.45, 2.75) is 30.9 Å². The Morgan fingerprint density at radius 2 is 2.08 bits per heavy atom. The number of carbonyl (C=O) groups excluding carboxylic acids is 3. The van der Waals surface area contributed by atoms with Crippen LogP contribution in [0.2, 0.25) is 0 Å². The van der Waals surface area contributed by atoms with E-state index in [1.54, 1.807) is 12.1 Å². The fourth-order valence-corrected chi connectivity index (χ4v) is 3.47. The van der Waals surface area contributed by atoms with Gasteiger partial charge in [-0.2, -0.15) is 0 Å². The molecule has 2 amide bonds. The topological polar surface area (TPSA) is 110 Å². The number of nitrogens with zero attached hydrogens (tertiary/aromatic N) is 1. The molecule has 7 nitrogen and oxygen atoms in total. The molecular weight excluding hydrogens is 312 g/mol. The minimum absolute atomic E-state index is 0.144. The van der Waals surface area contributed by atoms with Gasteiger partial charge in [0.25, 0.3) is 5.91 Å². The van der Waals surface area contributed by atoms with Crippen molar-refractivity contribution < 1.29 is 24.2 Å². The van der Waals surface area contributed by atoms with Crippen molar-refractivity contribution in [2.24, 2.45) is 5.73 Å². The highest BCUT2D eigenvalue weighted by Gasteiger charge is 2.62. The number of piperidine rings is 1. The molecule has 24 heavy (non-hydrogen) atoms. The summed E-state index contributed by atoms with van der Waals surface area (Å²) in [5.41, 5.74) is 4.66. The highest BCUT2D eigenvalue weighted by Crippen LogP contribution is 2.36. The first-order valence-electron chi connectivity index (χ1n) is 7.83. The van der Waals surface area contributed by atoms with Gasteiger partial charge < -0.3 is 20.5 Å². The zero-order valence-corrected chi connectivity index (χ0v) is 13.1. The van der Waals surface area contributed by atoms with Crippen LogP contribution in [0.5, 0.6) is 5.75 Å². The lowest BCUT2D eigenvalue weighted by atomic mass is 9.81. The maximum atomic E-state index is 12.6. The molecule has 1 radical (unpaired) electrons.